The molecular weight excluding hydrogens is 418 g/mol. The smallest absolute Gasteiger partial charge is 0.295 e. The second-order valence-corrected chi connectivity index (χ2v) is 9.17. The quantitative estimate of drug-likeness (QED) is 0.379. The van der Waals surface area contributed by atoms with Crippen molar-refractivity contribution in [2.24, 2.45) is 5.92 Å². The van der Waals surface area contributed by atoms with Crippen LogP contribution in [0.5, 0.6) is 5.75 Å². The van der Waals surface area contributed by atoms with E-state index in [-0.39, 0.29) is 17.4 Å². The standard InChI is InChI=1S/C27H31NO5/c1-17(2)16-33-20-12-10-19(11-13-20)25(29)23-24(22-9-5-4-7-18(22)3)28(27(31)26(23)30)15-21-8-6-14-32-21/h4-5,7,9-13,17,21,24,29H,6,8,14-16H2,1-3H3/b25-23-. The lowest BCUT2D eigenvalue weighted by Gasteiger charge is -2.28. The second kappa shape index (κ2) is 9.79. The van der Waals surface area contributed by atoms with Crippen molar-refractivity contribution < 1.29 is 24.2 Å². The third-order valence-electron chi connectivity index (χ3n) is 6.16. The number of Topliss-reactive ketones (excluding diaryl/α,β-unsaturated/α-hetero) is 1. The van der Waals surface area contributed by atoms with E-state index >= 15 is 0 Å². The van der Waals surface area contributed by atoms with Crippen LogP contribution in [0.3, 0.4) is 0 Å². The number of aliphatic hydroxyl groups is 1. The van der Waals surface area contributed by atoms with Gasteiger partial charge in [-0.15, -0.1) is 0 Å². The van der Waals surface area contributed by atoms with E-state index in [0.717, 1.165) is 24.0 Å². The highest BCUT2D eigenvalue weighted by Gasteiger charge is 2.47. The SMILES string of the molecule is Cc1ccccc1C1/C(=C(/O)c2ccc(OCC(C)C)cc2)C(=O)C(=O)N1CC1CCCO1. The Hall–Kier alpha value is -3.12. The molecule has 1 N–H and O–H groups in total. The normalized spacial score (nSPS) is 22.4. The summed E-state index contributed by atoms with van der Waals surface area (Å²) in [5.41, 5.74) is 2.36. The van der Waals surface area contributed by atoms with Crippen LogP contribution < -0.4 is 4.74 Å². The molecular formula is C27H31NO5. The molecule has 0 spiro atoms. The highest BCUT2D eigenvalue weighted by atomic mass is 16.5. The van der Waals surface area contributed by atoms with Gasteiger partial charge in [0.15, 0.2) is 0 Å². The zero-order valence-electron chi connectivity index (χ0n) is 19.4. The molecule has 2 atom stereocenters. The average molecular weight is 450 g/mol. The number of rotatable bonds is 7. The van der Waals surface area contributed by atoms with Crippen LogP contribution in [-0.4, -0.2) is 47.6 Å². The number of nitrogens with zero attached hydrogens (tertiary/aromatic N) is 1. The molecule has 2 aromatic carbocycles. The zero-order chi connectivity index (χ0) is 23.5. The van der Waals surface area contributed by atoms with Crippen molar-refractivity contribution in [2.75, 3.05) is 19.8 Å². The first kappa shape index (κ1) is 23.1. The number of carbonyl (C=O) groups is 2. The number of likely N-dealkylation sites (tertiary alicyclic amines) is 1. The molecule has 2 unspecified atom stereocenters. The summed E-state index contributed by atoms with van der Waals surface area (Å²) in [5, 5.41) is 11.2. The van der Waals surface area contributed by atoms with Crippen LogP contribution in [0.2, 0.25) is 0 Å². The van der Waals surface area contributed by atoms with E-state index in [2.05, 4.69) is 13.8 Å². The maximum absolute atomic E-state index is 13.2. The molecule has 0 radical (unpaired) electrons. The van der Waals surface area contributed by atoms with Gasteiger partial charge in [-0.3, -0.25) is 9.59 Å². The minimum Gasteiger partial charge on any atom is -0.507 e. The lowest BCUT2D eigenvalue weighted by molar-refractivity contribution is -0.140. The van der Waals surface area contributed by atoms with Gasteiger partial charge < -0.3 is 19.5 Å². The first-order valence-electron chi connectivity index (χ1n) is 11.6. The lowest BCUT2D eigenvalue weighted by atomic mass is 9.92. The highest BCUT2D eigenvalue weighted by molar-refractivity contribution is 6.46. The number of benzene rings is 2. The van der Waals surface area contributed by atoms with Crippen molar-refractivity contribution in [1.82, 2.24) is 4.90 Å². The molecule has 33 heavy (non-hydrogen) atoms. The number of aryl methyl sites for hydroxylation is 1. The van der Waals surface area contributed by atoms with Gasteiger partial charge in [-0.1, -0.05) is 38.1 Å². The Morgan fingerprint density at radius 3 is 2.52 bits per heavy atom. The van der Waals surface area contributed by atoms with Crippen molar-refractivity contribution in [1.29, 1.82) is 0 Å². The summed E-state index contributed by atoms with van der Waals surface area (Å²) < 4.78 is 11.5. The number of amides is 1. The molecule has 2 aliphatic rings. The fourth-order valence-electron chi connectivity index (χ4n) is 4.42. The molecule has 6 nitrogen and oxygen atoms in total. The van der Waals surface area contributed by atoms with Gasteiger partial charge in [0.1, 0.15) is 11.5 Å². The fraction of sp³-hybridized carbons (Fsp3) is 0.407. The average Bonchev–Trinajstić information content (AvgIpc) is 3.40. The van der Waals surface area contributed by atoms with E-state index in [1.54, 1.807) is 29.2 Å². The predicted octanol–water partition coefficient (Wildman–Crippen LogP) is 4.63. The van der Waals surface area contributed by atoms with Crippen molar-refractivity contribution in [3.8, 4) is 5.75 Å². The number of hydrogen-bond acceptors (Lipinski definition) is 5. The van der Waals surface area contributed by atoms with Gasteiger partial charge in [0.05, 0.1) is 24.3 Å². The molecule has 0 bridgehead atoms. The number of aliphatic hydroxyl groups excluding tert-OH is 1. The van der Waals surface area contributed by atoms with Gasteiger partial charge >= 0.3 is 0 Å². The van der Waals surface area contributed by atoms with Crippen molar-refractivity contribution in [3.05, 3.63) is 70.8 Å². The Morgan fingerprint density at radius 2 is 1.88 bits per heavy atom. The fourth-order valence-corrected chi connectivity index (χ4v) is 4.42. The van der Waals surface area contributed by atoms with Crippen LogP contribution in [0.15, 0.2) is 54.1 Å². The summed E-state index contributed by atoms with van der Waals surface area (Å²) in [7, 11) is 0. The van der Waals surface area contributed by atoms with Gasteiger partial charge in [0.2, 0.25) is 0 Å². The van der Waals surface area contributed by atoms with Gasteiger partial charge in [-0.25, -0.2) is 0 Å². The molecule has 2 aliphatic heterocycles. The molecule has 0 aromatic heterocycles. The van der Waals surface area contributed by atoms with Crippen molar-refractivity contribution in [2.45, 2.75) is 45.8 Å². The minimum absolute atomic E-state index is 0.104. The van der Waals surface area contributed by atoms with Gasteiger partial charge in [-0.2, -0.15) is 0 Å². The van der Waals surface area contributed by atoms with Crippen molar-refractivity contribution in [3.63, 3.8) is 0 Å². The second-order valence-electron chi connectivity index (χ2n) is 9.17. The predicted molar refractivity (Wildman–Crippen MR) is 126 cm³/mol. The monoisotopic (exact) mass is 449 g/mol. The van der Waals surface area contributed by atoms with Gasteiger partial charge in [0, 0.05) is 18.7 Å². The molecule has 6 heteroatoms. The third kappa shape index (κ3) is 4.81. The Kier molecular flexibility index (Phi) is 6.84. The Balaban J connectivity index is 1.73. The van der Waals surface area contributed by atoms with Crippen LogP contribution >= 0.6 is 0 Å². The minimum atomic E-state index is -0.668. The number of ketones is 1. The lowest BCUT2D eigenvalue weighted by Crippen LogP contribution is -2.36. The molecule has 2 saturated heterocycles. The molecule has 2 fully saturated rings. The summed E-state index contributed by atoms with van der Waals surface area (Å²) in [6, 6.07) is 14.0. The van der Waals surface area contributed by atoms with Crippen LogP contribution in [0, 0.1) is 12.8 Å². The van der Waals surface area contributed by atoms with E-state index in [1.165, 1.54) is 0 Å². The summed E-state index contributed by atoms with van der Waals surface area (Å²) >= 11 is 0. The third-order valence-corrected chi connectivity index (χ3v) is 6.16. The summed E-state index contributed by atoms with van der Waals surface area (Å²) in [5.74, 6) is -0.357. The summed E-state index contributed by atoms with van der Waals surface area (Å²) in [4.78, 5) is 27.8. The molecule has 4 rings (SSSR count). The van der Waals surface area contributed by atoms with E-state index in [9.17, 15) is 14.7 Å². The summed E-state index contributed by atoms with van der Waals surface area (Å²) in [6.45, 7) is 7.66. The maximum atomic E-state index is 13.2. The molecule has 2 heterocycles. The van der Waals surface area contributed by atoms with E-state index in [0.29, 0.717) is 37.0 Å². The first-order valence-corrected chi connectivity index (χ1v) is 11.6. The van der Waals surface area contributed by atoms with Gasteiger partial charge in [-0.05, 0) is 61.1 Å². The Labute approximate surface area is 194 Å². The first-order chi connectivity index (χ1) is 15.9. The zero-order valence-corrected chi connectivity index (χ0v) is 19.4. The molecule has 174 valence electrons. The molecule has 0 saturated carbocycles. The Bertz CT molecular complexity index is 1050. The van der Waals surface area contributed by atoms with E-state index in [1.807, 2.05) is 31.2 Å². The maximum Gasteiger partial charge on any atom is 0.295 e. The molecule has 1 amide bonds. The van der Waals surface area contributed by atoms with Crippen LogP contribution in [0.25, 0.3) is 5.76 Å². The van der Waals surface area contributed by atoms with Crippen molar-refractivity contribution >= 4 is 17.4 Å². The van der Waals surface area contributed by atoms with E-state index < -0.39 is 17.7 Å². The summed E-state index contributed by atoms with van der Waals surface area (Å²) in [6.07, 6.45) is 1.68. The largest absolute Gasteiger partial charge is 0.507 e. The topological polar surface area (TPSA) is 76.1 Å². The number of hydrogen-bond donors (Lipinski definition) is 1. The number of ether oxygens (including phenoxy) is 2. The number of carbonyl (C=O) groups excluding carboxylic acids is 2. The van der Waals surface area contributed by atoms with Crippen LogP contribution in [0.4, 0.5) is 0 Å². The van der Waals surface area contributed by atoms with Gasteiger partial charge in [0.25, 0.3) is 11.7 Å². The molecule has 2 aromatic rings. The molecule has 0 aliphatic carbocycles. The highest BCUT2D eigenvalue weighted by Crippen LogP contribution is 2.41. The van der Waals surface area contributed by atoms with E-state index in [4.69, 9.17) is 9.47 Å². The Morgan fingerprint density at radius 1 is 1.15 bits per heavy atom. The van der Waals surface area contributed by atoms with Crippen LogP contribution in [-0.2, 0) is 14.3 Å². The van der Waals surface area contributed by atoms with Crippen LogP contribution in [0.1, 0.15) is 49.4 Å².